The van der Waals surface area contributed by atoms with Gasteiger partial charge in [-0.15, -0.1) is 11.8 Å². The lowest BCUT2D eigenvalue weighted by molar-refractivity contribution is -0.387. The minimum atomic E-state index is -0.688. The van der Waals surface area contributed by atoms with Crippen molar-refractivity contribution in [2.75, 3.05) is 0 Å². The molecule has 0 aliphatic heterocycles. The van der Waals surface area contributed by atoms with Crippen LogP contribution in [0.1, 0.15) is 26.7 Å². The Kier molecular flexibility index (Phi) is 5.34. The van der Waals surface area contributed by atoms with Crippen LogP contribution in [0.15, 0.2) is 83.8 Å². The number of carbonyl (C=O) groups excluding carboxylic acids is 1. The zero-order valence-electron chi connectivity index (χ0n) is 13.7. The van der Waals surface area contributed by atoms with Crippen LogP contribution in [0.25, 0.3) is 0 Å². The second-order valence-corrected chi connectivity index (χ2v) is 6.77. The van der Waals surface area contributed by atoms with Crippen LogP contribution in [0.2, 0.25) is 0 Å². The lowest BCUT2D eigenvalue weighted by atomic mass is 10.0. The summed E-state index contributed by atoms with van der Waals surface area (Å²) in [6.07, 6.45) is 0. The highest BCUT2D eigenvalue weighted by molar-refractivity contribution is 7.99. The number of benzene rings is 3. The fraction of sp³-hybridized carbons (Fsp3) is 0.0500. The Morgan fingerprint density at radius 2 is 1.46 bits per heavy atom. The monoisotopic (exact) mass is 364 g/mol. The second-order valence-electron chi connectivity index (χ2n) is 5.62. The molecular formula is C20H16N2O3S. The quantitative estimate of drug-likeness (QED) is 0.394. The Bertz CT molecular complexity index is 891. The Hall–Kier alpha value is -3.12. The summed E-state index contributed by atoms with van der Waals surface area (Å²) in [5.41, 5.74) is 7.33. The molecule has 130 valence electrons. The van der Waals surface area contributed by atoms with Gasteiger partial charge in [-0.05, 0) is 23.3 Å². The van der Waals surface area contributed by atoms with E-state index in [1.165, 1.54) is 23.9 Å². The van der Waals surface area contributed by atoms with E-state index in [4.69, 9.17) is 5.73 Å². The molecule has 0 heterocycles. The number of nitrogens with zero attached hydrogens (tertiary/aromatic N) is 1. The summed E-state index contributed by atoms with van der Waals surface area (Å²) in [6.45, 7) is 0. The van der Waals surface area contributed by atoms with Crippen molar-refractivity contribution in [1.82, 2.24) is 0 Å². The van der Waals surface area contributed by atoms with Gasteiger partial charge in [0.2, 0.25) is 5.91 Å². The fourth-order valence-electron chi connectivity index (χ4n) is 2.62. The number of nitro groups is 1. The molecule has 3 rings (SSSR count). The molecule has 0 radical (unpaired) electrons. The summed E-state index contributed by atoms with van der Waals surface area (Å²) in [5, 5.41) is 11.4. The molecule has 0 saturated heterocycles. The van der Waals surface area contributed by atoms with Crippen molar-refractivity contribution < 1.29 is 9.72 Å². The normalized spacial score (nSPS) is 10.7. The number of hydrogen-bond donors (Lipinski definition) is 1. The van der Waals surface area contributed by atoms with Crippen molar-refractivity contribution >= 4 is 23.4 Å². The van der Waals surface area contributed by atoms with Gasteiger partial charge < -0.3 is 5.73 Å². The number of amides is 1. The minimum Gasteiger partial charge on any atom is -0.366 e. The Morgan fingerprint density at radius 3 is 1.92 bits per heavy atom. The van der Waals surface area contributed by atoms with E-state index in [-0.39, 0.29) is 16.5 Å². The molecule has 0 aliphatic carbocycles. The average molecular weight is 364 g/mol. The second kappa shape index (κ2) is 7.84. The number of hydrogen-bond acceptors (Lipinski definition) is 4. The van der Waals surface area contributed by atoms with Crippen LogP contribution in [-0.4, -0.2) is 10.8 Å². The van der Waals surface area contributed by atoms with Crippen molar-refractivity contribution in [2.45, 2.75) is 10.1 Å². The highest BCUT2D eigenvalue weighted by atomic mass is 32.2. The van der Waals surface area contributed by atoms with Crippen LogP contribution in [-0.2, 0) is 0 Å². The number of thioether (sulfide) groups is 1. The molecule has 2 N–H and O–H groups in total. The molecule has 1 amide bonds. The molecular weight excluding hydrogens is 348 g/mol. The summed E-state index contributed by atoms with van der Waals surface area (Å²) in [4.78, 5) is 22.8. The van der Waals surface area contributed by atoms with Crippen molar-refractivity contribution in [3.8, 4) is 0 Å². The van der Waals surface area contributed by atoms with E-state index < -0.39 is 10.8 Å². The smallest absolute Gasteiger partial charge is 0.283 e. The summed E-state index contributed by atoms with van der Waals surface area (Å²) in [6, 6.07) is 23.9. The van der Waals surface area contributed by atoms with E-state index in [0.29, 0.717) is 4.90 Å². The standard InChI is InChI=1S/C20H16N2O3S/c21-20(23)16-11-12-18(17(13-16)22(24)25)26-19(14-7-3-1-4-8-14)15-9-5-2-6-10-15/h1-13,19H,(H2,21,23). The summed E-state index contributed by atoms with van der Waals surface area (Å²) in [5.74, 6) is -0.688. The maximum Gasteiger partial charge on any atom is 0.283 e. The predicted molar refractivity (Wildman–Crippen MR) is 102 cm³/mol. The number of primary amides is 1. The Balaban J connectivity index is 2.05. The van der Waals surface area contributed by atoms with Gasteiger partial charge in [0.25, 0.3) is 5.69 Å². The van der Waals surface area contributed by atoms with Gasteiger partial charge in [0.1, 0.15) is 0 Å². The molecule has 0 spiro atoms. The maximum atomic E-state index is 11.5. The molecule has 0 aromatic heterocycles. The molecule has 3 aromatic carbocycles. The third-order valence-corrected chi connectivity index (χ3v) is 5.27. The zero-order valence-corrected chi connectivity index (χ0v) is 14.6. The van der Waals surface area contributed by atoms with E-state index in [0.717, 1.165) is 11.1 Å². The molecule has 5 nitrogen and oxygen atoms in total. The Morgan fingerprint density at radius 1 is 0.923 bits per heavy atom. The molecule has 3 aromatic rings. The van der Waals surface area contributed by atoms with Crippen molar-refractivity contribution in [1.29, 1.82) is 0 Å². The first-order valence-corrected chi connectivity index (χ1v) is 8.79. The first kappa shape index (κ1) is 17.7. The van der Waals surface area contributed by atoms with Crippen molar-refractivity contribution in [2.24, 2.45) is 5.73 Å². The lowest BCUT2D eigenvalue weighted by Crippen LogP contribution is -2.11. The first-order valence-electron chi connectivity index (χ1n) is 7.91. The van der Waals surface area contributed by atoms with E-state index >= 15 is 0 Å². The molecule has 0 fully saturated rings. The largest absolute Gasteiger partial charge is 0.366 e. The van der Waals surface area contributed by atoms with Gasteiger partial charge in [0.15, 0.2) is 0 Å². The van der Waals surface area contributed by atoms with Crippen molar-refractivity contribution in [3.05, 3.63) is 106 Å². The predicted octanol–water partition coefficient (Wildman–Crippen LogP) is 4.58. The summed E-state index contributed by atoms with van der Waals surface area (Å²) >= 11 is 1.38. The number of nitrogens with two attached hydrogens (primary N) is 1. The zero-order chi connectivity index (χ0) is 18.5. The molecule has 6 heteroatoms. The summed E-state index contributed by atoms with van der Waals surface area (Å²) < 4.78 is 0. The third kappa shape index (κ3) is 3.92. The molecule has 0 aliphatic rings. The van der Waals surface area contributed by atoms with Crippen LogP contribution in [0.4, 0.5) is 5.69 Å². The highest BCUT2D eigenvalue weighted by Crippen LogP contribution is 2.43. The van der Waals surface area contributed by atoms with Crippen LogP contribution >= 0.6 is 11.8 Å². The van der Waals surface area contributed by atoms with E-state index in [9.17, 15) is 14.9 Å². The van der Waals surface area contributed by atoms with Crippen LogP contribution in [0.3, 0.4) is 0 Å². The minimum absolute atomic E-state index is 0.115. The van der Waals surface area contributed by atoms with Gasteiger partial charge in [0, 0.05) is 11.6 Å². The maximum absolute atomic E-state index is 11.5. The highest BCUT2D eigenvalue weighted by Gasteiger charge is 2.22. The fourth-order valence-corrected chi connectivity index (χ4v) is 3.87. The molecule has 0 bridgehead atoms. The topological polar surface area (TPSA) is 86.2 Å². The molecule has 26 heavy (non-hydrogen) atoms. The van der Waals surface area contributed by atoms with Gasteiger partial charge in [-0.3, -0.25) is 14.9 Å². The van der Waals surface area contributed by atoms with E-state index in [1.807, 2.05) is 60.7 Å². The first-order chi connectivity index (χ1) is 12.6. The van der Waals surface area contributed by atoms with Gasteiger partial charge >= 0.3 is 0 Å². The molecule has 0 atom stereocenters. The van der Waals surface area contributed by atoms with Crippen LogP contribution in [0, 0.1) is 10.1 Å². The van der Waals surface area contributed by atoms with Crippen LogP contribution in [0.5, 0.6) is 0 Å². The number of carbonyl (C=O) groups is 1. The van der Waals surface area contributed by atoms with Crippen LogP contribution < -0.4 is 5.73 Å². The van der Waals surface area contributed by atoms with Gasteiger partial charge in [-0.2, -0.15) is 0 Å². The SMILES string of the molecule is NC(=O)c1ccc(SC(c2ccccc2)c2ccccc2)c([N+](=O)[O-])c1. The van der Waals surface area contributed by atoms with Gasteiger partial charge in [0.05, 0.1) is 15.1 Å². The lowest BCUT2D eigenvalue weighted by Gasteiger charge is -2.18. The third-order valence-electron chi connectivity index (χ3n) is 3.89. The number of rotatable bonds is 6. The average Bonchev–Trinajstić information content (AvgIpc) is 2.67. The van der Waals surface area contributed by atoms with Gasteiger partial charge in [-0.25, -0.2) is 0 Å². The molecule has 0 unspecified atom stereocenters. The Labute approximate surface area is 155 Å². The van der Waals surface area contributed by atoms with E-state index in [1.54, 1.807) is 6.07 Å². The van der Waals surface area contributed by atoms with Crippen molar-refractivity contribution in [3.63, 3.8) is 0 Å². The van der Waals surface area contributed by atoms with E-state index in [2.05, 4.69) is 0 Å². The summed E-state index contributed by atoms with van der Waals surface area (Å²) in [7, 11) is 0. The van der Waals surface area contributed by atoms with Gasteiger partial charge in [-0.1, -0.05) is 60.7 Å². The molecule has 0 saturated carbocycles. The number of nitro benzene ring substituents is 1.